The van der Waals surface area contributed by atoms with Gasteiger partial charge in [-0.1, -0.05) is 74.4 Å². The number of aryl methyl sites for hydroxylation is 1. The van der Waals surface area contributed by atoms with E-state index in [0.717, 1.165) is 41.3 Å². The normalized spacial score (nSPS) is 24.8. The fraction of sp³-hybridized carbons (Fsp3) is 0.689. The first kappa shape index (κ1) is 52.6. The maximum Gasteiger partial charge on any atom is 0.338 e. The number of ether oxygens (including phenoxy) is 2. The summed E-state index contributed by atoms with van der Waals surface area (Å²) >= 11 is 1.48. The largest absolute Gasteiger partial charge is 0.458 e. The molecule has 0 saturated carbocycles. The quantitative estimate of drug-likeness (QED) is 0.0297. The minimum Gasteiger partial charge on any atom is -0.458 e. The molecule has 1 saturated heterocycles. The van der Waals surface area contributed by atoms with E-state index in [4.69, 9.17) is 18.3 Å². The highest BCUT2D eigenvalue weighted by molar-refractivity contribution is 7.09. The van der Waals surface area contributed by atoms with E-state index in [1.54, 1.807) is 0 Å². The molecule has 1 fully saturated rings. The fourth-order valence-corrected chi connectivity index (χ4v) is 15.3. The number of carbonyl (C=O) groups excluding carboxylic acids is 3. The van der Waals surface area contributed by atoms with Gasteiger partial charge in [0.2, 0.25) is 0 Å². The van der Waals surface area contributed by atoms with Crippen LogP contribution in [0.2, 0.25) is 36.3 Å². The van der Waals surface area contributed by atoms with Gasteiger partial charge in [-0.25, -0.2) is 9.78 Å². The van der Waals surface area contributed by atoms with Crippen LogP contribution >= 0.6 is 11.3 Å². The van der Waals surface area contributed by atoms with E-state index in [9.17, 15) is 25.2 Å². The second-order valence-corrected chi connectivity index (χ2v) is 28.1. The zero-order chi connectivity index (χ0) is 46.4. The number of thiazole rings is 1. The average molecular weight is 914 g/mol. The van der Waals surface area contributed by atoms with Gasteiger partial charge in [-0.15, -0.1) is 11.3 Å². The first-order chi connectivity index (χ1) is 29.3. The summed E-state index contributed by atoms with van der Waals surface area (Å²) in [6.07, 6.45) is -0.136. The Kier molecular flexibility index (Phi) is 20.2. The summed E-state index contributed by atoms with van der Waals surface area (Å²) in [6, 6.07) is 9.27. The predicted octanol–water partition coefficient (Wildman–Crippen LogP) is 12.2. The highest BCUT2D eigenvalue weighted by atomic mass is 32.1. The van der Waals surface area contributed by atoms with Crippen LogP contribution in [0.4, 0.5) is 5.69 Å². The Morgan fingerprint density at radius 2 is 1.60 bits per heavy atom. The molecule has 14 nitrogen and oxygen atoms in total. The van der Waals surface area contributed by atoms with Gasteiger partial charge in [0, 0.05) is 40.2 Å². The van der Waals surface area contributed by atoms with E-state index in [1.165, 1.54) is 35.6 Å². The molecule has 0 spiro atoms. The molecule has 17 heteroatoms. The van der Waals surface area contributed by atoms with Gasteiger partial charge in [0.15, 0.2) is 16.6 Å². The molecule has 3 rings (SSSR count). The average Bonchev–Trinajstić information content (AvgIpc) is 3.67. The number of cyclic esters (lactones) is 1. The Hall–Kier alpha value is -3.74. The molecule has 1 aromatic heterocycles. The van der Waals surface area contributed by atoms with Crippen molar-refractivity contribution < 1.29 is 37.6 Å². The van der Waals surface area contributed by atoms with Crippen molar-refractivity contribution in [2.24, 2.45) is 22.4 Å². The third-order valence-corrected chi connectivity index (χ3v) is 23.6. The Morgan fingerprint density at radius 3 is 2.11 bits per heavy atom. The number of aromatic nitrogens is 1. The van der Waals surface area contributed by atoms with Crippen molar-refractivity contribution in [3.8, 4) is 0 Å². The highest BCUT2D eigenvalue weighted by Gasteiger charge is 2.48. The molecule has 1 aliphatic heterocycles. The van der Waals surface area contributed by atoms with Gasteiger partial charge in [0.05, 0.1) is 45.9 Å². The van der Waals surface area contributed by atoms with E-state index in [2.05, 4.69) is 63.5 Å². The van der Waals surface area contributed by atoms with E-state index < -0.39 is 75.3 Å². The third-order valence-electron chi connectivity index (χ3n) is 13.5. The maximum atomic E-state index is 15.2. The van der Waals surface area contributed by atoms with Crippen molar-refractivity contribution in [1.82, 2.24) is 4.98 Å². The van der Waals surface area contributed by atoms with Crippen LogP contribution in [0.3, 0.4) is 0 Å². The molecular formula is C45H71N5O9SSi2. The van der Waals surface area contributed by atoms with Crippen molar-refractivity contribution in [3.63, 3.8) is 0 Å². The van der Waals surface area contributed by atoms with E-state index >= 15 is 4.79 Å². The number of esters is 2. The van der Waals surface area contributed by atoms with Gasteiger partial charge < -0.3 is 18.3 Å². The number of Topliss-reactive ketones (excluding diaryl/α,β-unsaturated/α-hetero) is 1. The minimum atomic E-state index is -2.39. The van der Waals surface area contributed by atoms with Crippen LogP contribution in [0.1, 0.15) is 129 Å². The van der Waals surface area contributed by atoms with Gasteiger partial charge in [-0.2, -0.15) is 0 Å². The first-order valence-corrected chi connectivity index (χ1v) is 28.4. The van der Waals surface area contributed by atoms with Crippen LogP contribution in [-0.4, -0.2) is 74.7 Å². The molecule has 62 heavy (non-hydrogen) atoms. The number of nitrogens with zero attached hydrogens (tertiary/aromatic N) is 5. The second-order valence-electron chi connectivity index (χ2n) is 17.6. The molecule has 7 atom stereocenters. The monoisotopic (exact) mass is 913 g/mol. The number of nitro groups is 1. The molecular weight excluding hydrogens is 843 g/mol. The summed E-state index contributed by atoms with van der Waals surface area (Å²) in [7, 11) is -4.64. The van der Waals surface area contributed by atoms with Crippen molar-refractivity contribution in [1.29, 1.82) is 0 Å². The number of azide groups is 1. The summed E-state index contributed by atoms with van der Waals surface area (Å²) in [6.45, 7) is 24.4. The highest BCUT2D eigenvalue weighted by Crippen LogP contribution is 2.40. The molecule has 344 valence electrons. The van der Waals surface area contributed by atoms with Gasteiger partial charge in [-0.05, 0) is 105 Å². The number of ketones is 1. The molecule has 1 unspecified atom stereocenters. The number of hydrogen-bond acceptors (Lipinski definition) is 12. The van der Waals surface area contributed by atoms with Crippen molar-refractivity contribution >= 4 is 57.5 Å². The van der Waals surface area contributed by atoms with Crippen molar-refractivity contribution in [3.05, 3.63) is 72.0 Å². The molecule has 0 N–H and O–H groups in total. The Labute approximate surface area is 375 Å². The number of carbonyl (C=O) groups is 3. The predicted molar refractivity (Wildman–Crippen MR) is 250 cm³/mol. The van der Waals surface area contributed by atoms with Crippen molar-refractivity contribution in [2.75, 3.05) is 0 Å². The van der Waals surface area contributed by atoms with Gasteiger partial charge in [-0.3, -0.25) is 19.7 Å². The SMILES string of the molecule is CC[Si](CC)(CC)O[C@@H]1[C@@H](C)CCC[C@H](OC(=O)c2ccc([N+](=O)[O-])cc2)[C@@H](N=[N+]=[N-])CC(/C(C)=C/c2csc(C)n2)OC(=O)C[C@@H](O[Si](CC)(CC)CC)C(C)(C)C(=O)[C@@H]1C. The lowest BCUT2D eigenvalue weighted by Gasteiger charge is -2.44. The molecule has 1 aliphatic rings. The van der Waals surface area contributed by atoms with Crippen LogP contribution < -0.4 is 0 Å². The van der Waals surface area contributed by atoms with E-state index in [-0.39, 0.29) is 42.2 Å². The molecule has 2 aromatic rings. The van der Waals surface area contributed by atoms with Gasteiger partial charge in [0.1, 0.15) is 18.0 Å². The topological polar surface area (TPSA) is 193 Å². The van der Waals surface area contributed by atoms with Crippen molar-refractivity contribution in [2.45, 2.75) is 182 Å². The zero-order valence-electron chi connectivity index (χ0n) is 39.1. The van der Waals surface area contributed by atoms with Gasteiger partial charge >= 0.3 is 11.9 Å². The van der Waals surface area contributed by atoms with E-state index in [0.29, 0.717) is 24.1 Å². The standard InChI is InChI=1S/C45H71N5O9SSi2/c1-13-61(14-2,15-3)58-40-28-41(51)56-39(31(8)26-35-29-60-33(10)47-35)27-37(48-49-46)38(57-44(53)34-22-24-36(25-23-34)50(54)55)21-19-20-30(7)42(32(9)43(52)45(40,11)12)59-62(16-4,17-5)18-6/h22-26,29-30,32,37-40,42H,13-21,27-28H2,1-12H3/b31-26+/t30-,32+,37-,38-,39?,40+,42+/m0/s1. The summed E-state index contributed by atoms with van der Waals surface area (Å²) in [5.41, 5.74) is 10.1. The number of non-ortho nitro benzene ring substituents is 1. The Bertz CT molecular complexity index is 1880. The van der Waals surface area contributed by atoms with Crippen LogP contribution in [-0.2, 0) is 27.9 Å². The number of hydrogen-bond donors (Lipinski definition) is 0. The maximum absolute atomic E-state index is 15.2. The number of benzene rings is 1. The molecule has 0 aliphatic carbocycles. The van der Waals surface area contributed by atoms with E-state index in [1.807, 2.05) is 46.1 Å². The summed E-state index contributed by atoms with van der Waals surface area (Å²) in [4.78, 5) is 62.0. The fourth-order valence-electron chi connectivity index (χ4n) is 8.72. The number of rotatable bonds is 16. The third kappa shape index (κ3) is 13.6. The van der Waals surface area contributed by atoms with Gasteiger partial charge in [0.25, 0.3) is 5.69 Å². The lowest BCUT2D eigenvalue weighted by Crippen LogP contribution is -2.53. The molecule has 2 heterocycles. The Balaban J connectivity index is 2.26. The Morgan fingerprint density at radius 1 is 1.02 bits per heavy atom. The van der Waals surface area contributed by atoms with Crippen LogP contribution in [0, 0.1) is 34.3 Å². The second kappa shape index (κ2) is 23.8. The zero-order valence-corrected chi connectivity index (χ0v) is 41.9. The lowest BCUT2D eigenvalue weighted by atomic mass is 9.73. The van der Waals surface area contributed by atoms with Crippen LogP contribution in [0.5, 0.6) is 0 Å². The minimum absolute atomic E-state index is 0.0264. The summed E-state index contributed by atoms with van der Waals surface area (Å²) in [5, 5.41) is 18.3. The summed E-state index contributed by atoms with van der Waals surface area (Å²) < 4.78 is 26.9. The van der Waals surface area contributed by atoms with Crippen LogP contribution in [0.25, 0.3) is 16.5 Å². The lowest BCUT2D eigenvalue weighted by molar-refractivity contribution is -0.384. The first-order valence-electron chi connectivity index (χ1n) is 22.5. The smallest absolute Gasteiger partial charge is 0.338 e. The van der Waals surface area contributed by atoms with Crippen LogP contribution in [0.15, 0.2) is 40.3 Å². The molecule has 0 bridgehead atoms. The molecule has 0 radical (unpaired) electrons. The number of nitro benzene ring substituents is 1. The summed E-state index contributed by atoms with van der Waals surface area (Å²) in [5.74, 6) is -1.99. The molecule has 0 amide bonds. The molecule has 1 aromatic carbocycles.